The lowest BCUT2D eigenvalue weighted by molar-refractivity contribution is -0.137. The van der Waals surface area contributed by atoms with Crippen LogP contribution in [0.3, 0.4) is 0 Å². The van der Waals surface area contributed by atoms with E-state index in [2.05, 4.69) is 15.1 Å². The molecule has 1 fully saturated rings. The summed E-state index contributed by atoms with van der Waals surface area (Å²) in [5, 5.41) is 3.05. The number of hydrogen-bond acceptors (Lipinski definition) is 5. The molecule has 3 aromatic carbocycles. The maximum Gasteiger partial charge on any atom is 0.416 e. The van der Waals surface area contributed by atoms with Gasteiger partial charge >= 0.3 is 6.18 Å². The van der Waals surface area contributed by atoms with E-state index in [1.165, 1.54) is 6.07 Å². The van der Waals surface area contributed by atoms with Crippen molar-refractivity contribution >= 4 is 17.3 Å². The van der Waals surface area contributed by atoms with Crippen LogP contribution in [0.5, 0.6) is 11.5 Å². The van der Waals surface area contributed by atoms with Crippen LogP contribution in [-0.4, -0.2) is 52.3 Å². The molecule has 1 saturated heterocycles. The Hall–Kier alpha value is -3.88. The van der Waals surface area contributed by atoms with Crippen molar-refractivity contribution in [1.82, 2.24) is 5.32 Å². The molecule has 0 bridgehead atoms. The molecule has 2 aliphatic rings. The molecule has 206 valence electrons. The molecule has 5 rings (SSSR count). The van der Waals surface area contributed by atoms with Crippen molar-refractivity contribution in [1.29, 1.82) is 0 Å². The number of anilines is 2. The molecule has 0 aliphatic carbocycles. The van der Waals surface area contributed by atoms with Crippen molar-refractivity contribution in [2.24, 2.45) is 5.92 Å². The maximum atomic E-state index is 13.5. The number of hydrogen-bond donors (Lipinski definition) is 1. The van der Waals surface area contributed by atoms with Crippen molar-refractivity contribution in [3.05, 3.63) is 83.4 Å². The predicted molar refractivity (Wildman–Crippen MR) is 145 cm³/mol. The SMILES string of the molecule is COc1ccc(CCNC(=O)[C@H]2Cc3cc(C(F)(F)F)ccc3N3CCN(c4ccc(OC)cc4)C[C@@H]23)cc1. The third kappa shape index (κ3) is 5.77. The molecule has 0 unspecified atom stereocenters. The van der Waals surface area contributed by atoms with Gasteiger partial charge in [-0.25, -0.2) is 0 Å². The first-order valence-corrected chi connectivity index (χ1v) is 13.0. The number of alkyl halides is 3. The van der Waals surface area contributed by atoms with E-state index in [4.69, 9.17) is 9.47 Å². The van der Waals surface area contributed by atoms with Crippen LogP contribution < -0.4 is 24.6 Å². The van der Waals surface area contributed by atoms with Crippen molar-refractivity contribution in [2.45, 2.75) is 25.1 Å². The van der Waals surface area contributed by atoms with Crippen molar-refractivity contribution in [3.63, 3.8) is 0 Å². The number of ether oxygens (including phenoxy) is 2. The van der Waals surface area contributed by atoms with Crippen LogP contribution in [0.15, 0.2) is 66.7 Å². The van der Waals surface area contributed by atoms with E-state index in [0.29, 0.717) is 38.2 Å². The fourth-order valence-corrected chi connectivity index (χ4v) is 5.58. The second kappa shape index (κ2) is 11.1. The van der Waals surface area contributed by atoms with Gasteiger partial charge in [-0.15, -0.1) is 0 Å². The average Bonchev–Trinajstić information content (AvgIpc) is 2.96. The Labute approximate surface area is 226 Å². The molecule has 3 aromatic rings. The third-order valence-corrected chi connectivity index (χ3v) is 7.69. The van der Waals surface area contributed by atoms with Gasteiger partial charge in [-0.05, 0) is 78.6 Å². The minimum absolute atomic E-state index is 0.141. The van der Waals surface area contributed by atoms with E-state index in [-0.39, 0.29) is 18.4 Å². The second-order valence-electron chi connectivity index (χ2n) is 9.95. The highest BCUT2D eigenvalue weighted by Crippen LogP contribution is 2.40. The number of carbonyl (C=O) groups is 1. The van der Waals surface area contributed by atoms with Crippen LogP contribution in [0, 0.1) is 5.92 Å². The standard InChI is InChI=1S/C30H32F3N3O3/c1-38-24-8-3-20(4-9-24)13-14-34-29(37)26-18-21-17-22(30(31,32)33)5-12-27(21)36-16-15-35(19-28(26)36)23-6-10-25(39-2)11-7-23/h3-12,17,26,28H,13-16,18-19H2,1-2H3,(H,34,37)/t26-,28-/m0/s1. The van der Waals surface area contributed by atoms with Gasteiger partial charge in [0.15, 0.2) is 0 Å². The lowest BCUT2D eigenvalue weighted by Crippen LogP contribution is -2.61. The lowest BCUT2D eigenvalue weighted by Gasteiger charge is -2.49. The molecule has 9 heteroatoms. The monoisotopic (exact) mass is 539 g/mol. The number of carbonyl (C=O) groups excluding carboxylic acids is 1. The number of rotatable bonds is 7. The summed E-state index contributed by atoms with van der Waals surface area (Å²) >= 11 is 0. The van der Waals surface area contributed by atoms with Gasteiger partial charge in [0.2, 0.25) is 5.91 Å². The van der Waals surface area contributed by atoms with Crippen LogP contribution in [-0.2, 0) is 23.8 Å². The molecule has 39 heavy (non-hydrogen) atoms. The smallest absolute Gasteiger partial charge is 0.416 e. The number of nitrogens with zero attached hydrogens (tertiary/aromatic N) is 2. The number of fused-ring (bicyclic) bond motifs is 3. The van der Waals surface area contributed by atoms with Crippen molar-refractivity contribution < 1.29 is 27.4 Å². The summed E-state index contributed by atoms with van der Waals surface area (Å²) in [6, 6.07) is 19.2. The first kappa shape index (κ1) is 26.7. The minimum atomic E-state index is -4.44. The third-order valence-electron chi connectivity index (χ3n) is 7.69. The van der Waals surface area contributed by atoms with Gasteiger partial charge in [0.05, 0.1) is 31.7 Å². The van der Waals surface area contributed by atoms with Crippen molar-refractivity contribution in [3.8, 4) is 11.5 Å². The number of amides is 1. The zero-order chi connectivity index (χ0) is 27.6. The second-order valence-corrected chi connectivity index (χ2v) is 9.95. The summed E-state index contributed by atoms with van der Waals surface area (Å²) < 4.78 is 51.0. The van der Waals surface area contributed by atoms with Crippen LogP contribution in [0.2, 0.25) is 0 Å². The number of methoxy groups -OCH3 is 2. The summed E-state index contributed by atoms with van der Waals surface area (Å²) in [7, 11) is 3.23. The van der Waals surface area contributed by atoms with Gasteiger partial charge in [0.25, 0.3) is 0 Å². The van der Waals surface area contributed by atoms with Gasteiger partial charge in [0, 0.05) is 37.6 Å². The first-order valence-electron chi connectivity index (χ1n) is 13.0. The largest absolute Gasteiger partial charge is 0.497 e. The van der Waals surface area contributed by atoms with Crippen LogP contribution in [0.1, 0.15) is 16.7 Å². The van der Waals surface area contributed by atoms with Crippen LogP contribution in [0.4, 0.5) is 24.5 Å². The number of benzene rings is 3. The number of halogens is 3. The highest BCUT2D eigenvalue weighted by Gasteiger charge is 2.42. The van der Waals surface area contributed by atoms with E-state index in [0.717, 1.165) is 34.5 Å². The molecule has 0 aromatic heterocycles. The molecule has 1 amide bonds. The van der Waals surface area contributed by atoms with E-state index in [1.54, 1.807) is 20.3 Å². The van der Waals surface area contributed by atoms with E-state index in [1.807, 2.05) is 48.5 Å². The molecular formula is C30H32F3N3O3. The Morgan fingerprint density at radius 3 is 2.26 bits per heavy atom. The molecule has 6 nitrogen and oxygen atoms in total. The van der Waals surface area contributed by atoms with Gasteiger partial charge < -0.3 is 24.6 Å². The first-order chi connectivity index (χ1) is 18.8. The predicted octanol–water partition coefficient (Wildman–Crippen LogP) is 4.95. The Morgan fingerprint density at radius 2 is 1.62 bits per heavy atom. The Balaban J connectivity index is 1.36. The van der Waals surface area contributed by atoms with Gasteiger partial charge in [-0.2, -0.15) is 13.2 Å². The number of nitrogens with one attached hydrogen (secondary N) is 1. The summed E-state index contributed by atoms with van der Waals surface area (Å²) in [4.78, 5) is 17.9. The lowest BCUT2D eigenvalue weighted by atomic mass is 9.82. The molecule has 2 aliphatic heterocycles. The summed E-state index contributed by atoms with van der Waals surface area (Å²) in [5.74, 6) is 0.898. The fourth-order valence-electron chi connectivity index (χ4n) is 5.58. The zero-order valence-electron chi connectivity index (χ0n) is 22.0. The summed E-state index contributed by atoms with van der Waals surface area (Å²) in [5.41, 5.74) is 2.74. The quantitative estimate of drug-likeness (QED) is 0.461. The normalized spacial score (nSPS) is 18.7. The average molecular weight is 540 g/mol. The molecule has 1 N–H and O–H groups in total. The highest BCUT2D eigenvalue weighted by atomic mass is 19.4. The molecule has 2 atom stereocenters. The zero-order valence-corrected chi connectivity index (χ0v) is 22.0. The van der Waals surface area contributed by atoms with Gasteiger partial charge in [0.1, 0.15) is 11.5 Å². The summed E-state index contributed by atoms with van der Waals surface area (Å²) in [6.07, 6.45) is -3.54. The Morgan fingerprint density at radius 1 is 0.949 bits per heavy atom. The van der Waals surface area contributed by atoms with E-state index >= 15 is 0 Å². The summed E-state index contributed by atoms with van der Waals surface area (Å²) in [6.45, 7) is 2.31. The highest BCUT2D eigenvalue weighted by molar-refractivity contribution is 5.82. The minimum Gasteiger partial charge on any atom is -0.497 e. The van der Waals surface area contributed by atoms with Gasteiger partial charge in [-0.1, -0.05) is 12.1 Å². The Kier molecular flexibility index (Phi) is 7.59. The molecule has 2 heterocycles. The maximum absolute atomic E-state index is 13.5. The van der Waals surface area contributed by atoms with Gasteiger partial charge in [-0.3, -0.25) is 4.79 Å². The van der Waals surface area contributed by atoms with Crippen LogP contribution in [0.25, 0.3) is 0 Å². The van der Waals surface area contributed by atoms with E-state index < -0.39 is 17.7 Å². The molecule has 0 spiro atoms. The topological polar surface area (TPSA) is 54.0 Å². The Bertz CT molecular complexity index is 1300. The molecule has 0 saturated carbocycles. The fraction of sp³-hybridized carbons (Fsp3) is 0.367. The van der Waals surface area contributed by atoms with E-state index in [9.17, 15) is 18.0 Å². The van der Waals surface area contributed by atoms with Crippen LogP contribution >= 0.6 is 0 Å². The molecule has 0 radical (unpaired) electrons. The number of piperazine rings is 1. The molecular weight excluding hydrogens is 507 g/mol. The van der Waals surface area contributed by atoms with Crippen molar-refractivity contribution in [2.75, 3.05) is 50.2 Å².